The zero-order valence-corrected chi connectivity index (χ0v) is 17.9. The Morgan fingerprint density at radius 1 is 0.903 bits per heavy atom. The third kappa shape index (κ3) is 4.39. The van der Waals surface area contributed by atoms with E-state index >= 15 is 0 Å². The van der Waals surface area contributed by atoms with Crippen molar-refractivity contribution in [3.05, 3.63) is 95.1 Å². The molecule has 3 aromatic rings. The molecule has 0 saturated carbocycles. The molecule has 6 heteroatoms. The van der Waals surface area contributed by atoms with Gasteiger partial charge in [0.05, 0.1) is 16.8 Å². The number of fused-ring (bicyclic) bond motifs is 1. The molecule has 0 radical (unpaired) electrons. The number of amides is 3. The van der Waals surface area contributed by atoms with E-state index in [9.17, 15) is 14.4 Å². The summed E-state index contributed by atoms with van der Waals surface area (Å²) in [5.74, 6) is -0.114. The van der Waals surface area contributed by atoms with E-state index < -0.39 is 5.91 Å². The van der Waals surface area contributed by atoms with Gasteiger partial charge in [-0.3, -0.25) is 14.4 Å². The van der Waals surface area contributed by atoms with Gasteiger partial charge in [0.25, 0.3) is 17.7 Å². The van der Waals surface area contributed by atoms with Crippen LogP contribution >= 0.6 is 11.8 Å². The van der Waals surface area contributed by atoms with E-state index in [0.29, 0.717) is 23.4 Å². The van der Waals surface area contributed by atoms with Gasteiger partial charge in [-0.1, -0.05) is 36.4 Å². The van der Waals surface area contributed by atoms with Crippen molar-refractivity contribution in [2.24, 2.45) is 0 Å². The Balaban J connectivity index is 1.39. The lowest BCUT2D eigenvalue weighted by atomic mass is 10.1. The molecule has 0 unspecified atom stereocenters. The molecule has 0 aliphatic carbocycles. The maximum Gasteiger partial charge on any atom is 0.266 e. The summed E-state index contributed by atoms with van der Waals surface area (Å²) in [5, 5.41) is 2.89. The minimum Gasteiger partial charge on any atom is -0.352 e. The fourth-order valence-corrected chi connectivity index (χ4v) is 4.37. The standard InChI is InChI=1S/C25H22N2O3S/c1-17-8-5-6-11-22(17)27-24(29)20-13-12-18(16-21(20)25(27)30)23(28)26-14-7-15-31-19-9-3-2-4-10-19/h2-6,8-13,16H,7,14-15H2,1H3,(H,26,28). The topological polar surface area (TPSA) is 66.5 Å². The van der Waals surface area contributed by atoms with Gasteiger partial charge in [-0.15, -0.1) is 11.8 Å². The average Bonchev–Trinajstić information content (AvgIpc) is 3.04. The molecule has 4 rings (SSSR count). The number of thioether (sulfide) groups is 1. The summed E-state index contributed by atoms with van der Waals surface area (Å²) >= 11 is 1.75. The van der Waals surface area contributed by atoms with Gasteiger partial charge in [0.15, 0.2) is 0 Å². The number of rotatable bonds is 7. The molecule has 0 spiro atoms. The maximum atomic E-state index is 12.9. The van der Waals surface area contributed by atoms with Gasteiger partial charge in [0.1, 0.15) is 0 Å². The Hall–Kier alpha value is -3.38. The van der Waals surface area contributed by atoms with Crippen molar-refractivity contribution in [1.82, 2.24) is 5.32 Å². The molecule has 3 aromatic carbocycles. The van der Waals surface area contributed by atoms with Gasteiger partial charge in [-0.2, -0.15) is 0 Å². The minimum absolute atomic E-state index is 0.248. The molecule has 1 aliphatic rings. The minimum atomic E-state index is -0.400. The van der Waals surface area contributed by atoms with Crippen molar-refractivity contribution in [2.75, 3.05) is 17.2 Å². The number of para-hydroxylation sites is 1. The Bertz CT molecular complexity index is 1140. The lowest BCUT2D eigenvalue weighted by Crippen LogP contribution is -2.30. The number of carbonyl (C=O) groups excluding carboxylic acids is 3. The van der Waals surface area contributed by atoms with Crippen LogP contribution in [0.1, 0.15) is 43.1 Å². The second-order valence-corrected chi connectivity index (χ2v) is 8.43. The van der Waals surface area contributed by atoms with Crippen LogP contribution in [0.2, 0.25) is 0 Å². The summed E-state index contributed by atoms with van der Waals surface area (Å²) < 4.78 is 0. The van der Waals surface area contributed by atoms with Gasteiger partial charge >= 0.3 is 0 Å². The molecule has 0 bridgehead atoms. The summed E-state index contributed by atoms with van der Waals surface area (Å²) in [6.45, 7) is 2.39. The molecule has 0 atom stereocenters. The van der Waals surface area contributed by atoms with Crippen molar-refractivity contribution < 1.29 is 14.4 Å². The summed E-state index contributed by atoms with van der Waals surface area (Å²) in [5.41, 5.74) is 2.37. The average molecular weight is 431 g/mol. The summed E-state index contributed by atoms with van der Waals surface area (Å²) in [4.78, 5) is 40.7. The zero-order valence-electron chi connectivity index (χ0n) is 17.1. The highest BCUT2D eigenvalue weighted by molar-refractivity contribution is 7.99. The Morgan fingerprint density at radius 2 is 1.61 bits per heavy atom. The van der Waals surface area contributed by atoms with Crippen molar-refractivity contribution in [3.8, 4) is 0 Å². The van der Waals surface area contributed by atoms with Crippen LogP contribution in [0.4, 0.5) is 5.69 Å². The Morgan fingerprint density at radius 3 is 2.39 bits per heavy atom. The fraction of sp³-hybridized carbons (Fsp3) is 0.160. The molecule has 31 heavy (non-hydrogen) atoms. The number of carbonyl (C=O) groups is 3. The highest BCUT2D eigenvalue weighted by Crippen LogP contribution is 2.31. The van der Waals surface area contributed by atoms with E-state index in [0.717, 1.165) is 17.7 Å². The number of hydrogen-bond donors (Lipinski definition) is 1. The molecule has 156 valence electrons. The maximum absolute atomic E-state index is 12.9. The molecule has 0 aromatic heterocycles. The first-order valence-corrected chi connectivity index (χ1v) is 11.1. The second kappa shape index (κ2) is 9.18. The van der Waals surface area contributed by atoms with Crippen LogP contribution in [0, 0.1) is 6.92 Å². The molecule has 0 saturated heterocycles. The monoisotopic (exact) mass is 430 g/mol. The third-order valence-corrected chi connectivity index (χ3v) is 6.22. The molecular weight excluding hydrogens is 408 g/mol. The van der Waals surface area contributed by atoms with E-state index in [1.165, 1.54) is 15.9 Å². The Kier molecular flexibility index (Phi) is 6.18. The molecular formula is C25H22N2O3S. The van der Waals surface area contributed by atoms with Crippen molar-refractivity contribution in [3.63, 3.8) is 0 Å². The van der Waals surface area contributed by atoms with E-state index in [1.807, 2.05) is 37.3 Å². The van der Waals surface area contributed by atoms with Crippen molar-refractivity contribution >= 4 is 35.2 Å². The predicted molar refractivity (Wildman–Crippen MR) is 123 cm³/mol. The first kappa shape index (κ1) is 20.9. The van der Waals surface area contributed by atoms with Crippen molar-refractivity contribution in [2.45, 2.75) is 18.2 Å². The van der Waals surface area contributed by atoms with E-state index in [1.54, 1.807) is 36.0 Å². The second-order valence-electron chi connectivity index (χ2n) is 7.26. The van der Waals surface area contributed by atoms with Gasteiger partial charge in [-0.05, 0) is 61.1 Å². The van der Waals surface area contributed by atoms with Gasteiger partial charge in [0, 0.05) is 17.0 Å². The molecule has 0 fully saturated rings. The van der Waals surface area contributed by atoms with E-state index in [4.69, 9.17) is 0 Å². The lowest BCUT2D eigenvalue weighted by Gasteiger charge is -2.16. The van der Waals surface area contributed by atoms with Gasteiger partial charge in [-0.25, -0.2) is 4.90 Å². The summed E-state index contributed by atoms with van der Waals surface area (Å²) in [6, 6.07) is 22.0. The zero-order chi connectivity index (χ0) is 21.8. The summed E-state index contributed by atoms with van der Waals surface area (Å²) in [6.07, 6.45) is 0.828. The molecule has 1 N–H and O–H groups in total. The predicted octanol–water partition coefficient (Wildman–Crippen LogP) is 4.71. The number of imide groups is 1. The van der Waals surface area contributed by atoms with Crippen LogP contribution < -0.4 is 10.2 Å². The van der Waals surface area contributed by atoms with Crippen LogP contribution in [0.15, 0.2) is 77.7 Å². The van der Waals surface area contributed by atoms with Crippen LogP contribution in [0.5, 0.6) is 0 Å². The summed E-state index contributed by atoms with van der Waals surface area (Å²) in [7, 11) is 0. The smallest absolute Gasteiger partial charge is 0.266 e. The molecule has 3 amide bonds. The lowest BCUT2D eigenvalue weighted by molar-refractivity contribution is 0.0923. The van der Waals surface area contributed by atoms with E-state index in [2.05, 4.69) is 17.4 Å². The molecule has 5 nitrogen and oxygen atoms in total. The number of hydrogen-bond acceptors (Lipinski definition) is 4. The quantitative estimate of drug-likeness (QED) is 0.335. The Labute approximate surface area is 185 Å². The third-order valence-electron chi connectivity index (χ3n) is 5.12. The largest absolute Gasteiger partial charge is 0.352 e. The number of benzene rings is 3. The first-order valence-electron chi connectivity index (χ1n) is 10.1. The fourth-order valence-electron chi connectivity index (χ4n) is 3.50. The van der Waals surface area contributed by atoms with Gasteiger partial charge in [0.2, 0.25) is 0 Å². The number of nitrogens with one attached hydrogen (secondary N) is 1. The van der Waals surface area contributed by atoms with Crippen LogP contribution in [0.25, 0.3) is 0 Å². The molecule has 1 aliphatic heterocycles. The van der Waals surface area contributed by atoms with Crippen LogP contribution in [-0.4, -0.2) is 30.0 Å². The van der Waals surface area contributed by atoms with E-state index in [-0.39, 0.29) is 17.4 Å². The number of anilines is 1. The van der Waals surface area contributed by atoms with Gasteiger partial charge < -0.3 is 5.32 Å². The molecule has 1 heterocycles. The highest BCUT2D eigenvalue weighted by Gasteiger charge is 2.37. The highest BCUT2D eigenvalue weighted by atomic mass is 32.2. The van der Waals surface area contributed by atoms with Crippen LogP contribution in [0.3, 0.4) is 0 Å². The number of nitrogens with zero attached hydrogens (tertiary/aromatic N) is 1. The van der Waals surface area contributed by atoms with Crippen molar-refractivity contribution in [1.29, 1.82) is 0 Å². The SMILES string of the molecule is Cc1ccccc1N1C(=O)c2ccc(C(=O)NCCCSc3ccccc3)cc2C1=O. The first-order chi connectivity index (χ1) is 15.1. The van der Waals surface area contributed by atoms with Crippen LogP contribution in [-0.2, 0) is 0 Å². The number of aryl methyl sites for hydroxylation is 1. The normalized spacial score (nSPS) is 12.7.